The molecule has 0 spiro atoms. The molecule has 7 heteroatoms. The second-order valence-corrected chi connectivity index (χ2v) is 4.63. The Hall–Kier alpha value is -2.41. The Labute approximate surface area is 121 Å². The molecule has 2 aromatic rings. The number of benzene rings is 1. The van der Waals surface area contributed by atoms with E-state index in [1.54, 1.807) is 11.8 Å². The fourth-order valence-electron chi connectivity index (χ4n) is 2.29. The molecule has 0 amide bonds. The number of rotatable bonds is 3. The van der Waals surface area contributed by atoms with Gasteiger partial charge in [-0.3, -0.25) is 0 Å². The zero-order valence-corrected chi connectivity index (χ0v) is 11.8. The highest BCUT2D eigenvalue weighted by atomic mass is 16.5. The number of methoxy groups -OCH3 is 2. The Morgan fingerprint density at radius 2 is 2.10 bits per heavy atom. The Morgan fingerprint density at radius 1 is 1.33 bits per heavy atom. The van der Waals surface area contributed by atoms with Gasteiger partial charge in [0.15, 0.2) is 5.69 Å². The Morgan fingerprint density at radius 3 is 2.76 bits per heavy atom. The fraction of sp³-hybridized carbons (Fsp3) is 0.357. The summed E-state index contributed by atoms with van der Waals surface area (Å²) in [7, 11) is 2.94. The number of hydrogen-bond acceptors (Lipinski definition) is 6. The smallest absolute Gasteiger partial charge is 0.360 e. The average Bonchev–Trinajstić information content (AvgIpc) is 2.97. The SMILES string of the molecule is COC(=O)c1nnn2c1CO[C@@H](c1ccc(OC)cc1)C2. The quantitative estimate of drug-likeness (QED) is 0.794. The van der Waals surface area contributed by atoms with Gasteiger partial charge in [-0.15, -0.1) is 5.10 Å². The van der Waals surface area contributed by atoms with Crippen molar-refractivity contribution in [3.05, 3.63) is 41.2 Å². The molecule has 2 heterocycles. The van der Waals surface area contributed by atoms with Gasteiger partial charge in [0, 0.05) is 0 Å². The number of nitrogens with zero attached hydrogens (tertiary/aromatic N) is 3. The highest BCUT2D eigenvalue weighted by molar-refractivity contribution is 5.88. The minimum atomic E-state index is -0.497. The van der Waals surface area contributed by atoms with Gasteiger partial charge in [-0.2, -0.15) is 0 Å². The maximum Gasteiger partial charge on any atom is 0.360 e. The van der Waals surface area contributed by atoms with Crippen LogP contribution in [-0.4, -0.2) is 35.2 Å². The molecule has 21 heavy (non-hydrogen) atoms. The zero-order chi connectivity index (χ0) is 14.8. The van der Waals surface area contributed by atoms with Gasteiger partial charge < -0.3 is 14.2 Å². The lowest BCUT2D eigenvalue weighted by molar-refractivity contribution is -0.00222. The van der Waals surface area contributed by atoms with Crippen molar-refractivity contribution in [3.8, 4) is 5.75 Å². The molecule has 1 aromatic heterocycles. The van der Waals surface area contributed by atoms with Crippen molar-refractivity contribution in [2.24, 2.45) is 0 Å². The Balaban J connectivity index is 1.81. The van der Waals surface area contributed by atoms with E-state index in [4.69, 9.17) is 9.47 Å². The third-order valence-corrected chi connectivity index (χ3v) is 3.46. The van der Waals surface area contributed by atoms with Gasteiger partial charge in [0.2, 0.25) is 0 Å². The van der Waals surface area contributed by atoms with Gasteiger partial charge in [-0.05, 0) is 17.7 Å². The lowest BCUT2D eigenvalue weighted by atomic mass is 10.1. The van der Waals surface area contributed by atoms with Gasteiger partial charge in [-0.1, -0.05) is 17.3 Å². The maximum absolute atomic E-state index is 11.6. The van der Waals surface area contributed by atoms with E-state index in [2.05, 4.69) is 15.0 Å². The number of ether oxygens (including phenoxy) is 3. The number of hydrogen-bond donors (Lipinski definition) is 0. The molecule has 0 unspecified atom stereocenters. The van der Waals surface area contributed by atoms with Crippen molar-refractivity contribution in [2.75, 3.05) is 14.2 Å². The van der Waals surface area contributed by atoms with Crippen LogP contribution in [0, 0.1) is 0 Å². The summed E-state index contributed by atoms with van der Waals surface area (Å²) in [6.45, 7) is 0.778. The summed E-state index contributed by atoms with van der Waals surface area (Å²) >= 11 is 0. The largest absolute Gasteiger partial charge is 0.497 e. The van der Waals surface area contributed by atoms with E-state index in [9.17, 15) is 4.79 Å². The van der Waals surface area contributed by atoms with Crippen molar-refractivity contribution in [1.29, 1.82) is 0 Å². The molecule has 1 aliphatic heterocycles. The molecule has 0 radical (unpaired) electrons. The van der Waals surface area contributed by atoms with Crippen LogP contribution in [0.15, 0.2) is 24.3 Å². The summed E-state index contributed by atoms with van der Waals surface area (Å²) in [6.07, 6.45) is -0.129. The highest BCUT2D eigenvalue weighted by Gasteiger charge is 2.28. The normalized spacial score (nSPS) is 17.1. The van der Waals surface area contributed by atoms with Crippen molar-refractivity contribution in [3.63, 3.8) is 0 Å². The van der Waals surface area contributed by atoms with Crippen LogP contribution >= 0.6 is 0 Å². The summed E-state index contributed by atoms with van der Waals surface area (Å²) in [5.41, 5.74) is 1.88. The van der Waals surface area contributed by atoms with Crippen LogP contribution in [-0.2, 0) is 22.6 Å². The Kier molecular flexibility index (Phi) is 3.57. The standard InChI is InChI=1S/C14H15N3O4/c1-19-10-5-3-9(4-6-10)12-7-17-11(8-21-12)13(15-16-17)14(18)20-2/h3-6,12H,7-8H2,1-2H3/t12-/m1/s1. The van der Waals surface area contributed by atoms with E-state index < -0.39 is 5.97 Å². The van der Waals surface area contributed by atoms with Gasteiger partial charge in [0.1, 0.15) is 11.9 Å². The highest BCUT2D eigenvalue weighted by Crippen LogP contribution is 2.28. The molecule has 1 atom stereocenters. The fourth-order valence-corrected chi connectivity index (χ4v) is 2.29. The molecule has 1 aromatic carbocycles. The molecule has 110 valence electrons. The van der Waals surface area contributed by atoms with Crippen LogP contribution in [0.5, 0.6) is 5.75 Å². The third-order valence-electron chi connectivity index (χ3n) is 3.46. The molecular weight excluding hydrogens is 274 g/mol. The lowest BCUT2D eigenvalue weighted by Gasteiger charge is -2.24. The van der Waals surface area contributed by atoms with Crippen LogP contribution in [0.2, 0.25) is 0 Å². The first-order valence-electron chi connectivity index (χ1n) is 6.49. The molecule has 0 saturated carbocycles. The first-order chi connectivity index (χ1) is 10.2. The summed E-state index contributed by atoms with van der Waals surface area (Å²) in [4.78, 5) is 11.6. The third kappa shape index (κ3) is 2.47. The first-order valence-corrected chi connectivity index (χ1v) is 6.49. The van der Waals surface area contributed by atoms with E-state index in [1.807, 2.05) is 24.3 Å². The van der Waals surface area contributed by atoms with E-state index in [0.29, 0.717) is 12.2 Å². The van der Waals surface area contributed by atoms with Crippen LogP contribution in [0.4, 0.5) is 0 Å². The zero-order valence-electron chi connectivity index (χ0n) is 11.8. The molecular formula is C14H15N3O4. The van der Waals surface area contributed by atoms with E-state index in [0.717, 1.165) is 11.3 Å². The van der Waals surface area contributed by atoms with Gasteiger partial charge in [0.25, 0.3) is 0 Å². The van der Waals surface area contributed by atoms with E-state index in [-0.39, 0.29) is 18.4 Å². The Bertz CT molecular complexity index is 651. The summed E-state index contributed by atoms with van der Waals surface area (Å²) in [5.74, 6) is 0.298. The van der Waals surface area contributed by atoms with Gasteiger partial charge in [-0.25, -0.2) is 9.48 Å². The summed E-state index contributed by atoms with van der Waals surface area (Å²) in [5, 5.41) is 7.86. The maximum atomic E-state index is 11.6. The molecule has 0 aliphatic carbocycles. The monoisotopic (exact) mass is 289 g/mol. The molecule has 0 bridgehead atoms. The number of fused-ring (bicyclic) bond motifs is 1. The first kappa shape index (κ1) is 13.6. The second-order valence-electron chi connectivity index (χ2n) is 4.63. The topological polar surface area (TPSA) is 75.5 Å². The van der Waals surface area contributed by atoms with Crippen molar-refractivity contribution in [2.45, 2.75) is 19.3 Å². The summed E-state index contributed by atoms with van der Waals surface area (Å²) < 4.78 is 17.3. The number of esters is 1. The number of carbonyl (C=O) groups is 1. The van der Waals surface area contributed by atoms with E-state index in [1.165, 1.54) is 7.11 Å². The molecule has 3 rings (SSSR count). The van der Waals surface area contributed by atoms with Gasteiger partial charge in [0.05, 0.1) is 33.1 Å². The molecule has 1 aliphatic rings. The second kappa shape index (κ2) is 5.53. The van der Waals surface area contributed by atoms with Crippen molar-refractivity contribution >= 4 is 5.97 Å². The van der Waals surface area contributed by atoms with Crippen molar-refractivity contribution < 1.29 is 19.0 Å². The average molecular weight is 289 g/mol. The molecule has 7 nitrogen and oxygen atoms in total. The molecule has 0 saturated heterocycles. The number of carbonyl (C=O) groups excluding carboxylic acids is 1. The summed E-state index contributed by atoms with van der Waals surface area (Å²) in [6, 6.07) is 7.67. The number of aromatic nitrogens is 3. The lowest BCUT2D eigenvalue weighted by Crippen LogP contribution is -2.23. The van der Waals surface area contributed by atoms with Crippen LogP contribution < -0.4 is 4.74 Å². The minimum absolute atomic E-state index is 0.129. The predicted octanol–water partition coefficient (Wildman–Crippen LogP) is 1.34. The molecule has 0 N–H and O–H groups in total. The predicted molar refractivity (Wildman–Crippen MR) is 71.9 cm³/mol. The van der Waals surface area contributed by atoms with Crippen molar-refractivity contribution in [1.82, 2.24) is 15.0 Å². The van der Waals surface area contributed by atoms with E-state index >= 15 is 0 Å². The van der Waals surface area contributed by atoms with Crippen LogP contribution in [0.1, 0.15) is 27.8 Å². The molecule has 0 fully saturated rings. The van der Waals surface area contributed by atoms with Crippen LogP contribution in [0.25, 0.3) is 0 Å². The minimum Gasteiger partial charge on any atom is -0.497 e. The van der Waals surface area contributed by atoms with Gasteiger partial charge >= 0.3 is 5.97 Å². The van der Waals surface area contributed by atoms with Crippen LogP contribution in [0.3, 0.4) is 0 Å².